The van der Waals surface area contributed by atoms with Gasteiger partial charge in [-0.1, -0.05) is 20.8 Å². The molecule has 0 saturated heterocycles. The molecule has 1 aliphatic rings. The molecule has 0 aromatic rings. The van der Waals surface area contributed by atoms with Crippen molar-refractivity contribution in [3.63, 3.8) is 0 Å². The third-order valence-corrected chi connectivity index (χ3v) is 4.50. The summed E-state index contributed by atoms with van der Waals surface area (Å²) in [6.45, 7) is 8.44. The molecule has 3 unspecified atom stereocenters. The summed E-state index contributed by atoms with van der Waals surface area (Å²) in [7, 11) is 0. The fraction of sp³-hybridized carbons (Fsp3) is 1.00. The van der Waals surface area contributed by atoms with Gasteiger partial charge >= 0.3 is 0 Å². The normalized spacial score (nSPS) is 38.6. The molecule has 2 nitrogen and oxygen atoms in total. The Kier molecular flexibility index (Phi) is 3.27. The minimum Gasteiger partial charge on any atom is -0.390 e. The zero-order chi connectivity index (χ0) is 11.0. The molecule has 3 N–H and O–H groups in total. The maximum absolute atomic E-state index is 10.2. The predicted octanol–water partition coefficient (Wildman–Crippen LogP) is 2.30. The Hall–Kier alpha value is -0.0800. The van der Waals surface area contributed by atoms with Crippen LogP contribution >= 0.6 is 0 Å². The van der Waals surface area contributed by atoms with Crippen molar-refractivity contribution in [3.8, 4) is 0 Å². The average molecular weight is 199 g/mol. The zero-order valence-corrected chi connectivity index (χ0v) is 10.0. The molecule has 0 aromatic carbocycles. The first kappa shape index (κ1) is 12.0. The third-order valence-electron chi connectivity index (χ3n) is 4.50. The highest BCUT2D eigenvalue weighted by atomic mass is 16.3. The summed E-state index contributed by atoms with van der Waals surface area (Å²) in [6, 6.07) is 0.299. The van der Waals surface area contributed by atoms with Crippen LogP contribution in [0.1, 0.15) is 53.4 Å². The molecule has 84 valence electrons. The van der Waals surface area contributed by atoms with Crippen LogP contribution in [-0.2, 0) is 0 Å². The van der Waals surface area contributed by atoms with E-state index in [0.29, 0.717) is 12.0 Å². The van der Waals surface area contributed by atoms with E-state index in [9.17, 15) is 5.11 Å². The Morgan fingerprint density at radius 2 is 2.00 bits per heavy atom. The molecule has 1 aliphatic carbocycles. The first-order chi connectivity index (χ1) is 6.31. The Morgan fingerprint density at radius 1 is 1.43 bits per heavy atom. The van der Waals surface area contributed by atoms with E-state index >= 15 is 0 Å². The summed E-state index contributed by atoms with van der Waals surface area (Å²) in [4.78, 5) is 0. The summed E-state index contributed by atoms with van der Waals surface area (Å²) in [6.07, 6.45) is 4.13. The van der Waals surface area contributed by atoms with Crippen LogP contribution in [-0.4, -0.2) is 16.7 Å². The molecular weight excluding hydrogens is 174 g/mol. The molecular formula is C12H25NO. The third kappa shape index (κ3) is 1.96. The first-order valence-electron chi connectivity index (χ1n) is 5.79. The SMILES string of the molecule is CCC(N)CC1CCC(C)(O)C1(C)C. The van der Waals surface area contributed by atoms with Gasteiger partial charge < -0.3 is 10.8 Å². The molecule has 0 aromatic heterocycles. The van der Waals surface area contributed by atoms with Gasteiger partial charge in [0.15, 0.2) is 0 Å². The molecule has 2 heteroatoms. The lowest BCUT2D eigenvalue weighted by molar-refractivity contribution is -0.0443. The van der Waals surface area contributed by atoms with Crippen LogP contribution in [0.4, 0.5) is 0 Å². The quantitative estimate of drug-likeness (QED) is 0.732. The van der Waals surface area contributed by atoms with Crippen molar-refractivity contribution >= 4 is 0 Å². The van der Waals surface area contributed by atoms with Gasteiger partial charge in [0.2, 0.25) is 0 Å². The standard InChI is InChI=1S/C12H25NO/c1-5-10(13)8-9-6-7-12(4,14)11(9,2)3/h9-10,14H,5-8,13H2,1-4H3. The molecule has 0 amide bonds. The smallest absolute Gasteiger partial charge is 0.0673 e. The van der Waals surface area contributed by atoms with Crippen LogP contribution in [0, 0.1) is 11.3 Å². The number of aliphatic hydroxyl groups is 1. The van der Waals surface area contributed by atoms with Crippen LogP contribution in [0.15, 0.2) is 0 Å². The topological polar surface area (TPSA) is 46.2 Å². The predicted molar refractivity (Wildman–Crippen MR) is 60.0 cm³/mol. The second-order valence-electron chi connectivity index (χ2n) is 5.64. The van der Waals surface area contributed by atoms with Crippen molar-refractivity contribution in [2.24, 2.45) is 17.1 Å². The maximum atomic E-state index is 10.2. The van der Waals surface area contributed by atoms with Gasteiger partial charge in [0.25, 0.3) is 0 Å². The number of nitrogens with two attached hydrogens (primary N) is 1. The second-order valence-corrected chi connectivity index (χ2v) is 5.64. The molecule has 0 heterocycles. The lowest BCUT2D eigenvalue weighted by Crippen LogP contribution is -2.41. The lowest BCUT2D eigenvalue weighted by atomic mass is 9.71. The maximum Gasteiger partial charge on any atom is 0.0673 e. The highest BCUT2D eigenvalue weighted by Gasteiger charge is 2.50. The summed E-state index contributed by atoms with van der Waals surface area (Å²) in [5.41, 5.74) is 5.49. The van der Waals surface area contributed by atoms with Gasteiger partial charge in [-0.25, -0.2) is 0 Å². The Labute approximate surface area is 87.9 Å². The summed E-state index contributed by atoms with van der Waals surface area (Å²) in [5.74, 6) is 0.576. The molecule has 0 aliphatic heterocycles. The van der Waals surface area contributed by atoms with Crippen LogP contribution in [0.3, 0.4) is 0 Å². The van der Waals surface area contributed by atoms with Crippen molar-refractivity contribution in [2.75, 3.05) is 0 Å². The van der Waals surface area contributed by atoms with Gasteiger partial charge in [-0.05, 0) is 43.9 Å². The van der Waals surface area contributed by atoms with Crippen molar-refractivity contribution in [3.05, 3.63) is 0 Å². The van der Waals surface area contributed by atoms with E-state index < -0.39 is 5.60 Å². The van der Waals surface area contributed by atoms with E-state index in [-0.39, 0.29) is 5.41 Å². The van der Waals surface area contributed by atoms with Gasteiger partial charge in [0, 0.05) is 6.04 Å². The molecule has 1 rings (SSSR count). The fourth-order valence-corrected chi connectivity index (χ4v) is 2.52. The van der Waals surface area contributed by atoms with Crippen molar-refractivity contribution in [2.45, 2.75) is 65.0 Å². The average Bonchev–Trinajstić information content (AvgIpc) is 2.28. The summed E-state index contributed by atoms with van der Waals surface area (Å²) in [5, 5.41) is 10.2. The highest BCUT2D eigenvalue weighted by molar-refractivity contribution is 5.01. The monoisotopic (exact) mass is 199 g/mol. The van der Waals surface area contributed by atoms with Gasteiger partial charge in [0.1, 0.15) is 0 Å². The van der Waals surface area contributed by atoms with E-state index in [0.717, 1.165) is 25.7 Å². The molecule has 0 radical (unpaired) electrons. The van der Waals surface area contributed by atoms with E-state index in [1.54, 1.807) is 0 Å². The van der Waals surface area contributed by atoms with Crippen molar-refractivity contribution in [1.82, 2.24) is 0 Å². The molecule has 0 spiro atoms. The van der Waals surface area contributed by atoms with E-state index in [1.807, 2.05) is 6.92 Å². The van der Waals surface area contributed by atoms with E-state index in [4.69, 9.17) is 5.73 Å². The molecule has 1 saturated carbocycles. The number of hydrogen-bond donors (Lipinski definition) is 2. The second kappa shape index (κ2) is 3.82. The van der Waals surface area contributed by atoms with Crippen molar-refractivity contribution in [1.29, 1.82) is 0 Å². The number of rotatable bonds is 3. The Bertz CT molecular complexity index is 198. The molecule has 3 atom stereocenters. The fourth-order valence-electron chi connectivity index (χ4n) is 2.52. The largest absolute Gasteiger partial charge is 0.390 e. The summed E-state index contributed by atoms with van der Waals surface area (Å²) >= 11 is 0. The first-order valence-corrected chi connectivity index (χ1v) is 5.79. The minimum absolute atomic E-state index is 0.0137. The van der Waals surface area contributed by atoms with Gasteiger partial charge in [-0.3, -0.25) is 0 Å². The Morgan fingerprint density at radius 3 is 2.36 bits per heavy atom. The van der Waals surface area contributed by atoms with Gasteiger partial charge in [0.05, 0.1) is 5.60 Å². The minimum atomic E-state index is -0.509. The summed E-state index contributed by atoms with van der Waals surface area (Å²) < 4.78 is 0. The van der Waals surface area contributed by atoms with Gasteiger partial charge in [-0.2, -0.15) is 0 Å². The molecule has 0 bridgehead atoms. The zero-order valence-electron chi connectivity index (χ0n) is 10.0. The molecule has 14 heavy (non-hydrogen) atoms. The van der Waals surface area contributed by atoms with Crippen LogP contribution in [0.5, 0.6) is 0 Å². The van der Waals surface area contributed by atoms with E-state index in [2.05, 4.69) is 20.8 Å². The van der Waals surface area contributed by atoms with Crippen molar-refractivity contribution < 1.29 is 5.11 Å². The highest BCUT2D eigenvalue weighted by Crippen LogP contribution is 2.51. The van der Waals surface area contributed by atoms with E-state index in [1.165, 1.54) is 0 Å². The van der Waals surface area contributed by atoms with Crippen LogP contribution in [0.2, 0.25) is 0 Å². The van der Waals surface area contributed by atoms with Crippen LogP contribution < -0.4 is 5.73 Å². The lowest BCUT2D eigenvalue weighted by Gasteiger charge is -2.38. The van der Waals surface area contributed by atoms with Gasteiger partial charge in [-0.15, -0.1) is 0 Å². The number of hydrogen-bond acceptors (Lipinski definition) is 2. The Balaban J connectivity index is 2.65. The van der Waals surface area contributed by atoms with Crippen LogP contribution in [0.25, 0.3) is 0 Å². The molecule has 1 fully saturated rings.